The third kappa shape index (κ3) is 19.3. The van der Waals surface area contributed by atoms with Crippen LogP contribution in [0.15, 0.2) is 0 Å². The van der Waals surface area contributed by atoms with Crippen molar-refractivity contribution in [3.8, 4) is 0 Å². The summed E-state index contributed by atoms with van der Waals surface area (Å²) in [5, 5.41) is 16.5. The van der Waals surface area contributed by atoms with Gasteiger partial charge in [0.25, 0.3) is 0 Å². The third-order valence-electron chi connectivity index (χ3n) is 2.38. The lowest BCUT2D eigenvalue weighted by molar-refractivity contribution is -0.139. The maximum atomic E-state index is 10.1. The highest BCUT2D eigenvalue weighted by atomic mass is 16.4. The summed E-state index contributed by atoms with van der Waals surface area (Å²) in [5.41, 5.74) is 15.6. The second kappa shape index (κ2) is 14.9. The highest BCUT2D eigenvalue weighted by Gasteiger charge is 2.09. The second-order valence-electron chi connectivity index (χ2n) is 4.22. The van der Waals surface area contributed by atoms with Crippen LogP contribution in [0.2, 0.25) is 0 Å². The van der Waals surface area contributed by atoms with E-state index in [1.165, 1.54) is 0 Å². The van der Waals surface area contributed by atoms with Gasteiger partial charge in [0.15, 0.2) is 0 Å². The van der Waals surface area contributed by atoms with E-state index < -0.39 is 18.0 Å². The molecule has 0 aliphatic rings. The molecular weight excluding hydrogens is 250 g/mol. The van der Waals surface area contributed by atoms with E-state index in [0.717, 1.165) is 32.1 Å². The molecule has 7 nitrogen and oxygen atoms in total. The molecule has 7 heteroatoms. The zero-order chi connectivity index (χ0) is 15.1. The average molecular weight is 277 g/mol. The minimum Gasteiger partial charge on any atom is -0.481 e. The van der Waals surface area contributed by atoms with E-state index in [0.29, 0.717) is 19.5 Å². The van der Waals surface area contributed by atoms with E-state index in [1.54, 1.807) is 0 Å². The summed E-state index contributed by atoms with van der Waals surface area (Å²) in [6, 6.07) is -0.716. The van der Waals surface area contributed by atoms with Crippen LogP contribution in [0.1, 0.15) is 44.9 Å². The number of rotatable bonds is 10. The molecule has 0 amide bonds. The van der Waals surface area contributed by atoms with Crippen LogP contribution in [-0.2, 0) is 9.59 Å². The van der Waals surface area contributed by atoms with Gasteiger partial charge in [-0.05, 0) is 38.8 Å². The summed E-state index contributed by atoms with van der Waals surface area (Å²) in [5.74, 6) is -1.65. The van der Waals surface area contributed by atoms with Crippen molar-refractivity contribution in [1.82, 2.24) is 0 Å². The highest BCUT2D eigenvalue weighted by Crippen LogP contribution is 1.97. The number of nitrogens with two attached hydrogens (primary N) is 3. The van der Waals surface area contributed by atoms with Crippen molar-refractivity contribution in [1.29, 1.82) is 0 Å². The number of hydrogen-bond donors (Lipinski definition) is 5. The molecule has 0 aromatic rings. The molecule has 114 valence electrons. The Morgan fingerprint density at radius 3 is 1.84 bits per heavy atom. The first kappa shape index (κ1) is 20.1. The lowest BCUT2D eigenvalue weighted by Crippen LogP contribution is -2.29. The fourth-order valence-electron chi connectivity index (χ4n) is 1.23. The van der Waals surface area contributed by atoms with E-state index in [2.05, 4.69) is 0 Å². The van der Waals surface area contributed by atoms with E-state index >= 15 is 0 Å². The van der Waals surface area contributed by atoms with Crippen LogP contribution in [0.3, 0.4) is 0 Å². The average Bonchev–Trinajstić information content (AvgIpc) is 2.35. The van der Waals surface area contributed by atoms with Crippen molar-refractivity contribution in [2.75, 3.05) is 13.1 Å². The number of unbranched alkanes of at least 4 members (excludes halogenated alkanes) is 3. The predicted octanol–water partition coefficient (Wildman–Crippen LogP) is 0.117. The van der Waals surface area contributed by atoms with Crippen molar-refractivity contribution in [2.24, 2.45) is 17.2 Å². The molecule has 1 unspecified atom stereocenters. The third-order valence-corrected chi connectivity index (χ3v) is 2.38. The highest BCUT2D eigenvalue weighted by molar-refractivity contribution is 5.72. The standard InChI is InChI=1S/C6H14N2O2.C6H13NO2/c7-4-2-1-3-5(8)6(9)10;7-5-3-1-2-4-6(8)9/h5H,1-4,7-8H2,(H,9,10);1-5,7H2,(H,8,9). The van der Waals surface area contributed by atoms with Gasteiger partial charge < -0.3 is 27.4 Å². The van der Waals surface area contributed by atoms with Gasteiger partial charge in [0.05, 0.1) is 0 Å². The lowest BCUT2D eigenvalue weighted by Gasteiger charge is -2.03. The van der Waals surface area contributed by atoms with E-state index in [4.69, 9.17) is 27.4 Å². The fourth-order valence-corrected chi connectivity index (χ4v) is 1.23. The molecule has 1 atom stereocenters. The summed E-state index contributed by atoms with van der Waals surface area (Å²) < 4.78 is 0. The van der Waals surface area contributed by atoms with Crippen molar-refractivity contribution < 1.29 is 19.8 Å². The van der Waals surface area contributed by atoms with E-state index in [-0.39, 0.29) is 6.42 Å². The minimum absolute atomic E-state index is 0.278. The molecule has 0 bridgehead atoms. The van der Waals surface area contributed by atoms with Gasteiger partial charge in [-0.25, -0.2) is 0 Å². The second-order valence-corrected chi connectivity index (χ2v) is 4.22. The Bertz CT molecular complexity index is 237. The molecular formula is C12H27N3O4. The first-order chi connectivity index (χ1) is 8.95. The monoisotopic (exact) mass is 277 g/mol. The molecule has 0 saturated carbocycles. The Morgan fingerprint density at radius 2 is 1.42 bits per heavy atom. The molecule has 0 aliphatic heterocycles. The van der Waals surface area contributed by atoms with Crippen LogP contribution < -0.4 is 17.2 Å². The fraction of sp³-hybridized carbons (Fsp3) is 0.833. The van der Waals surface area contributed by atoms with Crippen LogP contribution in [-0.4, -0.2) is 41.3 Å². The first-order valence-corrected chi connectivity index (χ1v) is 6.56. The molecule has 0 rings (SSSR count). The van der Waals surface area contributed by atoms with Crippen molar-refractivity contribution in [3.05, 3.63) is 0 Å². The lowest BCUT2D eigenvalue weighted by atomic mass is 10.1. The first-order valence-electron chi connectivity index (χ1n) is 6.56. The van der Waals surface area contributed by atoms with Crippen LogP contribution in [0.4, 0.5) is 0 Å². The topological polar surface area (TPSA) is 153 Å². The normalized spacial score (nSPS) is 11.3. The quantitative estimate of drug-likeness (QED) is 0.355. The Hall–Kier alpha value is -1.18. The Balaban J connectivity index is 0. The molecule has 0 heterocycles. The Morgan fingerprint density at radius 1 is 0.895 bits per heavy atom. The van der Waals surface area contributed by atoms with Gasteiger partial charge in [-0.1, -0.05) is 12.8 Å². The van der Waals surface area contributed by atoms with Gasteiger partial charge in [-0.2, -0.15) is 0 Å². The smallest absolute Gasteiger partial charge is 0.320 e. The van der Waals surface area contributed by atoms with E-state index in [1.807, 2.05) is 0 Å². The van der Waals surface area contributed by atoms with Gasteiger partial charge in [0.2, 0.25) is 0 Å². The van der Waals surface area contributed by atoms with Crippen LogP contribution in [0, 0.1) is 0 Å². The molecule has 0 aromatic carbocycles. The number of hydrogen-bond acceptors (Lipinski definition) is 5. The minimum atomic E-state index is -0.933. The number of aliphatic carboxylic acids is 2. The number of carbonyl (C=O) groups is 2. The Labute approximate surface area is 114 Å². The molecule has 0 fully saturated rings. The summed E-state index contributed by atoms with van der Waals surface area (Å²) in [4.78, 5) is 20.1. The van der Waals surface area contributed by atoms with E-state index in [9.17, 15) is 9.59 Å². The van der Waals surface area contributed by atoms with Crippen molar-refractivity contribution in [2.45, 2.75) is 51.0 Å². The molecule has 0 aliphatic carbocycles. The van der Waals surface area contributed by atoms with Gasteiger partial charge in [-0.15, -0.1) is 0 Å². The number of carboxylic acids is 2. The maximum Gasteiger partial charge on any atom is 0.320 e. The van der Waals surface area contributed by atoms with Gasteiger partial charge in [0, 0.05) is 6.42 Å². The van der Waals surface area contributed by atoms with Gasteiger partial charge >= 0.3 is 11.9 Å². The molecule has 0 spiro atoms. The molecule has 8 N–H and O–H groups in total. The molecule has 0 aromatic heterocycles. The maximum absolute atomic E-state index is 10.1. The molecule has 19 heavy (non-hydrogen) atoms. The summed E-state index contributed by atoms with van der Waals surface area (Å²) in [6.07, 6.45) is 5.07. The zero-order valence-corrected chi connectivity index (χ0v) is 11.4. The molecule has 0 saturated heterocycles. The number of carboxylic acid groups (broad SMARTS) is 2. The Kier molecular flexibility index (Phi) is 15.8. The van der Waals surface area contributed by atoms with Gasteiger partial charge in [-0.3, -0.25) is 9.59 Å². The van der Waals surface area contributed by atoms with Crippen LogP contribution >= 0.6 is 0 Å². The SMILES string of the molecule is NCCCCC(N)C(=O)O.NCCCCCC(=O)O. The summed E-state index contributed by atoms with van der Waals surface area (Å²) in [6.45, 7) is 1.27. The largest absolute Gasteiger partial charge is 0.481 e. The van der Waals surface area contributed by atoms with Crippen molar-refractivity contribution in [3.63, 3.8) is 0 Å². The van der Waals surface area contributed by atoms with Crippen LogP contribution in [0.25, 0.3) is 0 Å². The summed E-state index contributed by atoms with van der Waals surface area (Å²) >= 11 is 0. The molecule has 0 radical (unpaired) electrons. The van der Waals surface area contributed by atoms with Gasteiger partial charge in [0.1, 0.15) is 6.04 Å². The zero-order valence-electron chi connectivity index (χ0n) is 11.4. The van der Waals surface area contributed by atoms with Crippen molar-refractivity contribution >= 4 is 11.9 Å². The summed E-state index contributed by atoms with van der Waals surface area (Å²) in [7, 11) is 0. The predicted molar refractivity (Wildman–Crippen MR) is 73.7 cm³/mol. The van der Waals surface area contributed by atoms with Crippen LogP contribution in [0.5, 0.6) is 0 Å².